The molecule has 0 aromatic heterocycles. The largest absolute Gasteiger partial charge is 0.321 e. The van der Waals surface area contributed by atoms with Gasteiger partial charge in [0.05, 0.1) is 16.3 Å². The Morgan fingerprint density at radius 1 is 1.17 bits per heavy atom. The topological polar surface area (TPSA) is 84.6 Å². The van der Waals surface area contributed by atoms with E-state index in [0.29, 0.717) is 5.56 Å². The number of halogens is 2. The van der Waals surface area contributed by atoms with E-state index in [2.05, 4.69) is 10.3 Å². The summed E-state index contributed by atoms with van der Waals surface area (Å²) in [5.41, 5.74) is 0.537. The first-order valence-corrected chi connectivity index (χ1v) is 6.53. The zero-order valence-corrected chi connectivity index (χ0v) is 11.5. The van der Waals surface area contributed by atoms with E-state index in [9.17, 15) is 23.7 Å². The molecular weight excluding hydrogens is 308 g/mol. The smallest absolute Gasteiger partial charge is 0.281 e. The van der Waals surface area contributed by atoms with Crippen LogP contribution in [0, 0.1) is 15.9 Å². The average molecular weight is 317 g/mol. The molecule has 0 saturated heterocycles. The van der Waals surface area contributed by atoms with E-state index in [0.717, 1.165) is 12.1 Å². The Kier molecular flexibility index (Phi) is 3.57. The number of alkyl halides is 1. The molecule has 0 spiro atoms. The number of carbonyl (C=O) groups is 1. The highest BCUT2D eigenvalue weighted by Crippen LogP contribution is 2.28. The van der Waals surface area contributed by atoms with Crippen LogP contribution >= 0.6 is 0 Å². The predicted octanol–water partition coefficient (Wildman–Crippen LogP) is 2.82. The number of non-ortho nitro benzene ring substituents is 1. The molecule has 6 nitrogen and oxygen atoms in total. The van der Waals surface area contributed by atoms with Crippen LogP contribution in [0.2, 0.25) is 0 Å². The normalized spacial score (nSPS) is 16.9. The van der Waals surface area contributed by atoms with Gasteiger partial charge in [0, 0.05) is 23.3 Å². The predicted molar refractivity (Wildman–Crippen MR) is 78.7 cm³/mol. The SMILES string of the molecule is O=C1Nc2ccc([N+](=O)[O-])cc2C(c2ccc(F)cc2)=NC1F. The zero-order chi connectivity index (χ0) is 16.6. The summed E-state index contributed by atoms with van der Waals surface area (Å²) in [6.45, 7) is 0. The van der Waals surface area contributed by atoms with Gasteiger partial charge in [-0.2, -0.15) is 0 Å². The van der Waals surface area contributed by atoms with Crippen LogP contribution in [0.5, 0.6) is 0 Å². The van der Waals surface area contributed by atoms with Crippen molar-refractivity contribution in [3.8, 4) is 0 Å². The molecule has 0 saturated carbocycles. The Labute approximate surface area is 128 Å². The van der Waals surface area contributed by atoms with E-state index in [1.54, 1.807) is 0 Å². The third kappa shape index (κ3) is 2.78. The van der Waals surface area contributed by atoms with Crippen LogP contribution in [0.1, 0.15) is 11.1 Å². The maximum atomic E-state index is 13.9. The summed E-state index contributed by atoms with van der Waals surface area (Å²) in [5, 5.41) is 13.3. The van der Waals surface area contributed by atoms with Gasteiger partial charge in [-0.15, -0.1) is 0 Å². The highest BCUT2D eigenvalue weighted by molar-refractivity contribution is 6.19. The first kappa shape index (κ1) is 14.8. The molecule has 0 radical (unpaired) electrons. The Hall–Kier alpha value is -3.16. The van der Waals surface area contributed by atoms with Crippen LogP contribution in [-0.4, -0.2) is 22.8 Å². The van der Waals surface area contributed by atoms with Crippen molar-refractivity contribution in [2.45, 2.75) is 6.30 Å². The lowest BCUT2D eigenvalue weighted by Crippen LogP contribution is -2.21. The lowest BCUT2D eigenvalue weighted by molar-refractivity contribution is -0.384. The molecular formula is C15H9F2N3O3. The second-order valence-electron chi connectivity index (χ2n) is 4.80. The fraction of sp³-hybridized carbons (Fsp3) is 0.0667. The summed E-state index contributed by atoms with van der Waals surface area (Å²) < 4.78 is 26.9. The molecule has 3 rings (SSSR count). The summed E-state index contributed by atoms with van der Waals surface area (Å²) in [4.78, 5) is 25.7. The molecule has 2 aromatic rings. The highest BCUT2D eigenvalue weighted by atomic mass is 19.1. The van der Waals surface area contributed by atoms with Crippen molar-refractivity contribution in [2.75, 3.05) is 5.32 Å². The molecule has 1 unspecified atom stereocenters. The number of benzodiazepines with no additional fused rings is 1. The Morgan fingerprint density at radius 3 is 2.52 bits per heavy atom. The van der Waals surface area contributed by atoms with E-state index >= 15 is 0 Å². The quantitative estimate of drug-likeness (QED) is 0.525. The molecule has 0 bridgehead atoms. The highest BCUT2D eigenvalue weighted by Gasteiger charge is 2.26. The van der Waals surface area contributed by atoms with Gasteiger partial charge < -0.3 is 5.32 Å². The van der Waals surface area contributed by atoms with E-state index in [-0.39, 0.29) is 22.6 Å². The second kappa shape index (κ2) is 5.56. The van der Waals surface area contributed by atoms with Gasteiger partial charge in [-0.1, -0.05) is 0 Å². The van der Waals surface area contributed by atoms with Crippen LogP contribution in [0.4, 0.5) is 20.2 Å². The fourth-order valence-corrected chi connectivity index (χ4v) is 2.22. The van der Waals surface area contributed by atoms with Gasteiger partial charge in [-0.05, 0) is 30.3 Å². The number of anilines is 1. The molecule has 1 N–H and O–H groups in total. The number of hydrogen-bond acceptors (Lipinski definition) is 4. The summed E-state index contributed by atoms with van der Waals surface area (Å²) in [7, 11) is 0. The van der Waals surface area contributed by atoms with E-state index in [1.165, 1.54) is 30.3 Å². The third-order valence-corrected chi connectivity index (χ3v) is 3.30. The minimum Gasteiger partial charge on any atom is -0.321 e. The molecule has 23 heavy (non-hydrogen) atoms. The number of fused-ring (bicyclic) bond motifs is 1. The number of nitro groups is 1. The van der Waals surface area contributed by atoms with Gasteiger partial charge in [0.2, 0.25) is 0 Å². The number of rotatable bonds is 2. The number of nitrogens with zero attached hydrogens (tertiary/aromatic N) is 2. The van der Waals surface area contributed by atoms with Gasteiger partial charge in [0.15, 0.2) is 0 Å². The monoisotopic (exact) mass is 317 g/mol. The Morgan fingerprint density at radius 2 is 1.87 bits per heavy atom. The first-order chi connectivity index (χ1) is 11.0. The summed E-state index contributed by atoms with van der Waals surface area (Å²) in [6, 6.07) is 8.72. The van der Waals surface area contributed by atoms with Gasteiger partial charge in [-0.25, -0.2) is 13.8 Å². The second-order valence-corrected chi connectivity index (χ2v) is 4.80. The lowest BCUT2D eigenvalue weighted by atomic mass is 10.00. The minimum atomic E-state index is -2.17. The van der Waals surface area contributed by atoms with Crippen LogP contribution in [0.25, 0.3) is 0 Å². The van der Waals surface area contributed by atoms with E-state index in [1.807, 2.05) is 0 Å². The average Bonchev–Trinajstić information content (AvgIpc) is 2.65. The number of hydrogen-bond donors (Lipinski definition) is 1. The van der Waals surface area contributed by atoms with Crippen molar-refractivity contribution in [2.24, 2.45) is 4.99 Å². The third-order valence-electron chi connectivity index (χ3n) is 3.30. The van der Waals surface area contributed by atoms with Crippen molar-refractivity contribution < 1.29 is 18.5 Å². The summed E-state index contributed by atoms with van der Waals surface area (Å²) in [5.74, 6) is -1.47. The number of carbonyl (C=O) groups excluding carboxylic acids is 1. The van der Waals surface area contributed by atoms with Crippen molar-refractivity contribution in [3.05, 3.63) is 69.5 Å². The maximum Gasteiger partial charge on any atom is 0.281 e. The molecule has 1 aliphatic rings. The van der Waals surface area contributed by atoms with Crippen LogP contribution < -0.4 is 5.32 Å². The summed E-state index contributed by atoms with van der Waals surface area (Å²) in [6.07, 6.45) is -2.17. The Bertz CT molecular complexity index is 834. The molecule has 1 atom stereocenters. The number of amides is 1. The fourth-order valence-electron chi connectivity index (χ4n) is 2.22. The van der Waals surface area contributed by atoms with Crippen molar-refractivity contribution in [1.29, 1.82) is 0 Å². The summed E-state index contributed by atoms with van der Waals surface area (Å²) >= 11 is 0. The van der Waals surface area contributed by atoms with Crippen LogP contribution in [0.15, 0.2) is 47.5 Å². The van der Waals surface area contributed by atoms with Crippen LogP contribution in [-0.2, 0) is 4.79 Å². The van der Waals surface area contributed by atoms with Crippen molar-refractivity contribution in [1.82, 2.24) is 0 Å². The van der Waals surface area contributed by atoms with Gasteiger partial charge in [0.1, 0.15) is 5.82 Å². The number of nitro benzene ring substituents is 1. The molecule has 1 heterocycles. The molecule has 116 valence electrons. The van der Waals surface area contributed by atoms with Crippen LogP contribution in [0.3, 0.4) is 0 Å². The minimum absolute atomic E-state index is 0.0366. The maximum absolute atomic E-state index is 13.9. The molecule has 0 fully saturated rings. The molecule has 1 aliphatic heterocycles. The standard InChI is InChI=1S/C15H9F2N3O3/c16-9-3-1-8(2-4-9)13-11-7-10(20(22)23)5-6-12(11)18-15(21)14(17)19-13/h1-7,14H,(H,18,21). The van der Waals surface area contributed by atoms with Gasteiger partial charge in [-0.3, -0.25) is 14.9 Å². The lowest BCUT2D eigenvalue weighted by Gasteiger charge is -2.09. The zero-order valence-electron chi connectivity index (χ0n) is 11.5. The Balaban J connectivity index is 2.22. The van der Waals surface area contributed by atoms with Crippen molar-refractivity contribution >= 4 is 23.0 Å². The molecule has 2 aromatic carbocycles. The number of aliphatic imine (C=N–C) groups is 1. The molecule has 8 heteroatoms. The van der Waals surface area contributed by atoms with Gasteiger partial charge in [0.25, 0.3) is 17.9 Å². The van der Waals surface area contributed by atoms with E-state index in [4.69, 9.17) is 0 Å². The number of benzene rings is 2. The molecule has 0 aliphatic carbocycles. The van der Waals surface area contributed by atoms with Gasteiger partial charge >= 0.3 is 0 Å². The number of nitrogens with one attached hydrogen (secondary N) is 1. The van der Waals surface area contributed by atoms with Crippen molar-refractivity contribution in [3.63, 3.8) is 0 Å². The molecule has 1 amide bonds. The first-order valence-electron chi connectivity index (χ1n) is 6.53. The van der Waals surface area contributed by atoms with E-state index < -0.39 is 22.9 Å².